The van der Waals surface area contributed by atoms with Crippen LogP contribution in [0.25, 0.3) is 28.1 Å². The normalized spacial score (nSPS) is 16.4. The number of ether oxygens (including phenoxy) is 1. The Labute approximate surface area is 255 Å². The van der Waals surface area contributed by atoms with Crippen molar-refractivity contribution in [1.29, 1.82) is 0 Å². The molecule has 15 heteroatoms. The van der Waals surface area contributed by atoms with Crippen molar-refractivity contribution in [3.63, 3.8) is 0 Å². The predicted octanol–water partition coefficient (Wildman–Crippen LogP) is 5.58. The molecule has 1 aliphatic carbocycles. The molecule has 0 radical (unpaired) electrons. The van der Waals surface area contributed by atoms with E-state index in [1.165, 1.54) is 18.5 Å². The van der Waals surface area contributed by atoms with Gasteiger partial charge in [0, 0.05) is 31.2 Å². The number of halogens is 3. The van der Waals surface area contributed by atoms with Crippen molar-refractivity contribution in [3.8, 4) is 17.1 Å². The van der Waals surface area contributed by atoms with E-state index in [0.717, 1.165) is 38.5 Å². The first-order chi connectivity index (χ1) is 21.7. The summed E-state index contributed by atoms with van der Waals surface area (Å²) in [5.74, 6) is 0.0500. The number of nitrogen functional groups attached to an aromatic ring is 1. The van der Waals surface area contributed by atoms with Gasteiger partial charge in [-0.05, 0) is 62.6 Å². The molecule has 0 bridgehead atoms. The quantitative estimate of drug-likeness (QED) is 0.214. The van der Waals surface area contributed by atoms with Crippen molar-refractivity contribution in [2.24, 2.45) is 0 Å². The van der Waals surface area contributed by atoms with Crippen molar-refractivity contribution in [2.75, 3.05) is 36.0 Å². The van der Waals surface area contributed by atoms with Crippen molar-refractivity contribution in [3.05, 3.63) is 54.6 Å². The van der Waals surface area contributed by atoms with Gasteiger partial charge >= 0.3 is 12.2 Å². The van der Waals surface area contributed by atoms with Crippen LogP contribution < -0.4 is 21.1 Å². The Bertz CT molecular complexity index is 1890. The molecule has 2 amide bonds. The molecule has 0 spiro atoms. The highest BCUT2D eigenvalue weighted by molar-refractivity contribution is 6.03. The summed E-state index contributed by atoms with van der Waals surface area (Å²) in [5.41, 5.74) is 7.89. The third-order valence-corrected chi connectivity index (χ3v) is 8.27. The fraction of sp³-hybridized carbons (Fsp3) is 0.367. The van der Waals surface area contributed by atoms with Crippen LogP contribution in [0, 0.1) is 0 Å². The number of hydrogen-bond donors (Lipinski definition) is 3. The van der Waals surface area contributed by atoms with Crippen LogP contribution in [0.5, 0.6) is 5.75 Å². The predicted molar refractivity (Wildman–Crippen MR) is 162 cm³/mol. The van der Waals surface area contributed by atoms with Gasteiger partial charge in [-0.3, -0.25) is 4.40 Å². The molecule has 2 fully saturated rings. The van der Waals surface area contributed by atoms with E-state index < -0.39 is 17.8 Å². The lowest BCUT2D eigenvalue weighted by Gasteiger charge is -2.31. The third kappa shape index (κ3) is 5.59. The van der Waals surface area contributed by atoms with E-state index in [2.05, 4.69) is 37.4 Å². The number of anilines is 3. The number of likely N-dealkylation sites (tertiary alicyclic amines) is 1. The van der Waals surface area contributed by atoms with Crippen LogP contribution in [0.15, 0.2) is 49.1 Å². The zero-order chi connectivity index (χ0) is 31.3. The first-order valence-corrected chi connectivity index (χ1v) is 14.8. The number of nitrogens with zero attached hydrogens (tertiary/aromatic N) is 7. The summed E-state index contributed by atoms with van der Waals surface area (Å²) in [6.07, 6.45) is 3.02. The Morgan fingerprint density at radius 2 is 1.84 bits per heavy atom. The molecule has 1 aromatic carbocycles. The number of imidazole rings is 1. The van der Waals surface area contributed by atoms with E-state index >= 15 is 0 Å². The molecule has 4 N–H and O–H groups in total. The van der Waals surface area contributed by atoms with E-state index in [-0.39, 0.29) is 23.6 Å². The van der Waals surface area contributed by atoms with Gasteiger partial charge in [0.05, 0.1) is 28.4 Å². The Balaban J connectivity index is 1.12. The monoisotopic (exact) mass is 620 g/mol. The molecule has 0 atom stereocenters. The second-order valence-corrected chi connectivity index (χ2v) is 11.3. The Morgan fingerprint density at radius 3 is 2.58 bits per heavy atom. The standard InChI is InChI=1S/C30H31F3N10O2/c1-2-41-12-9-19(10-13-41)45-23-8-3-17(15-20(23)30(31,32)33)38-29(44)39-21-6-7-22(42-14-11-35-27(21)42)25-24-26(34)36-16-37-28(24)43(40-25)18-4-5-18/h3,6-8,11,14-16,18-19H,2,4-5,9-10,12-13H2,1H3,(H2,34,36,37)(H2,38,39,44). The van der Waals surface area contributed by atoms with Gasteiger partial charge in [-0.1, -0.05) is 6.92 Å². The Morgan fingerprint density at radius 1 is 1.04 bits per heavy atom. The summed E-state index contributed by atoms with van der Waals surface area (Å²) < 4.78 is 51.5. The Kier molecular flexibility index (Phi) is 7.19. The number of benzene rings is 1. The SMILES string of the molecule is CCN1CCC(Oc2ccc(NC(=O)Nc3ccc(-c4nn(C5CC5)c5ncnc(N)c45)n4ccnc34)cc2C(F)(F)F)CC1. The number of piperidine rings is 1. The first kappa shape index (κ1) is 28.8. The molecule has 5 heterocycles. The molecular formula is C30H31F3N10O2. The molecule has 12 nitrogen and oxygen atoms in total. The van der Waals surface area contributed by atoms with Crippen LogP contribution in [0.3, 0.4) is 0 Å². The van der Waals surface area contributed by atoms with Gasteiger partial charge in [-0.25, -0.2) is 24.4 Å². The smallest absolute Gasteiger partial charge is 0.420 e. The van der Waals surface area contributed by atoms with Crippen molar-refractivity contribution >= 4 is 39.9 Å². The van der Waals surface area contributed by atoms with Crippen LogP contribution in [-0.4, -0.2) is 65.8 Å². The number of nitrogens with two attached hydrogens (primary N) is 1. The minimum atomic E-state index is -4.67. The summed E-state index contributed by atoms with van der Waals surface area (Å²) in [4.78, 5) is 28.2. The number of urea groups is 1. The first-order valence-electron chi connectivity index (χ1n) is 14.8. The lowest BCUT2D eigenvalue weighted by molar-refractivity contribution is -0.139. The highest BCUT2D eigenvalue weighted by Gasteiger charge is 2.36. The lowest BCUT2D eigenvalue weighted by atomic mass is 10.1. The minimum Gasteiger partial charge on any atom is -0.490 e. The van der Waals surface area contributed by atoms with Gasteiger partial charge in [0.15, 0.2) is 11.3 Å². The van der Waals surface area contributed by atoms with E-state index in [4.69, 9.17) is 15.6 Å². The van der Waals surface area contributed by atoms with Crippen molar-refractivity contribution in [1.82, 2.24) is 34.0 Å². The Hall–Kier alpha value is -4.92. The molecule has 1 saturated carbocycles. The summed E-state index contributed by atoms with van der Waals surface area (Å²) in [5, 5.41) is 10.7. The van der Waals surface area contributed by atoms with Gasteiger partial charge in [0.2, 0.25) is 0 Å². The molecule has 1 saturated heterocycles. The zero-order valence-corrected chi connectivity index (χ0v) is 24.4. The van der Waals surface area contributed by atoms with Crippen LogP contribution in [-0.2, 0) is 6.18 Å². The largest absolute Gasteiger partial charge is 0.490 e. The number of amides is 2. The highest BCUT2D eigenvalue weighted by atomic mass is 19.4. The number of hydrogen-bond acceptors (Lipinski definition) is 8. The highest BCUT2D eigenvalue weighted by Crippen LogP contribution is 2.41. The molecule has 5 aromatic rings. The maximum absolute atomic E-state index is 14.0. The summed E-state index contributed by atoms with van der Waals surface area (Å²) in [6.45, 7) is 4.50. The molecule has 4 aromatic heterocycles. The number of aromatic nitrogens is 6. The molecule has 234 valence electrons. The van der Waals surface area contributed by atoms with Crippen molar-refractivity contribution in [2.45, 2.75) is 50.9 Å². The van der Waals surface area contributed by atoms with Gasteiger partial charge in [-0.2, -0.15) is 18.3 Å². The van der Waals surface area contributed by atoms with Gasteiger partial charge < -0.3 is 26.0 Å². The van der Waals surface area contributed by atoms with E-state index in [9.17, 15) is 18.0 Å². The van der Waals surface area contributed by atoms with Crippen molar-refractivity contribution < 1.29 is 22.7 Å². The molecule has 7 rings (SSSR count). The average molecular weight is 621 g/mol. The second kappa shape index (κ2) is 11.2. The van der Waals surface area contributed by atoms with Gasteiger partial charge in [-0.15, -0.1) is 0 Å². The van der Waals surface area contributed by atoms with Crippen LogP contribution >= 0.6 is 0 Å². The molecular weight excluding hydrogens is 589 g/mol. The number of fused-ring (bicyclic) bond motifs is 2. The van der Waals surface area contributed by atoms with Gasteiger partial charge in [0.1, 0.15) is 29.7 Å². The fourth-order valence-corrected chi connectivity index (χ4v) is 5.79. The third-order valence-electron chi connectivity index (χ3n) is 8.27. The molecule has 1 aliphatic heterocycles. The molecule has 2 aliphatic rings. The fourth-order valence-electron chi connectivity index (χ4n) is 5.79. The number of pyridine rings is 1. The maximum atomic E-state index is 14.0. The maximum Gasteiger partial charge on any atom is 0.420 e. The number of alkyl halides is 3. The second-order valence-electron chi connectivity index (χ2n) is 11.3. The number of nitrogens with one attached hydrogen (secondary N) is 2. The summed E-state index contributed by atoms with van der Waals surface area (Å²) in [6, 6.07) is 6.46. The molecule has 45 heavy (non-hydrogen) atoms. The number of rotatable bonds is 7. The van der Waals surface area contributed by atoms with E-state index in [0.29, 0.717) is 52.4 Å². The average Bonchev–Trinajstić information content (AvgIpc) is 3.59. The van der Waals surface area contributed by atoms with E-state index in [1.54, 1.807) is 28.9 Å². The van der Waals surface area contributed by atoms with Crippen LogP contribution in [0.2, 0.25) is 0 Å². The molecule has 0 unspecified atom stereocenters. The lowest BCUT2D eigenvalue weighted by Crippen LogP contribution is -2.38. The zero-order valence-electron chi connectivity index (χ0n) is 24.4. The summed E-state index contributed by atoms with van der Waals surface area (Å²) in [7, 11) is 0. The topological polar surface area (TPSA) is 141 Å². The van der Waals surface area contributed by atoms with Gasteiger partial charge in [0.25, 0.3) is 0 Å². The minimum absolute atomic E-state index is 0.0310. The summed E-state index contributed by atoms with van der Waals surface area (Å²) >= 11 is 0. The van der Waals surface area contributed by atoms with Crippen LogP contribution in [0.4, 0.5) is 35.2 Å². The number of carbonyl (C=O) groups is 1. The number of carbonyl (C=O) groups excluding carboxylic acids is 1. The van der Waals surface area contributed by atoms with E-state index in [1.807, 2.05) is 4.68 Å². The van der Waals surface area contributed by atoms with Crippen LogP contribution in [0.1, 0.15) is 44.2 Å².